The van der Waals surface area contributed by atoms with E-state index in [2.05, 4.69) is 42.4 Å². The smallest absolute Gasteiger partial charge is 0.160 e. The van der Waals surface area contributed by atoms with Gasteiger partial charge in [0.05, 0.1) is 49.4 Å². The number of phenolic OH excluding ortho intramolecular Hbond substituents is 2. The van der Waals surface area contributed by atoms with Crippen LogP contribution in [0.25, 0.3) is 21.8 Å². The summed E-state index contributed by atoms with van der Waals surface area (Å²) in [5, 5.41) is 39.0. The molecule has 0 bridgehead atoms. The molecular weight excluding hydrogens is 728 g/mol. The fourth-order valence-electron chi connectivity index (χ4n) is 5.24. The highest BCUT2D eigenvalue weighted by atomic mass is 35.5. The predicted molar refractivity (Wildman–Crippen MR) is 194 cm³/mol. The summed E-state index contributed by atoms with van der Waals surface area (Å²) in [6.45, 7) is 5.00. The van der Waals surface area contributed by atoms with Crippen molar-refractivity contribution in [2.45, 2.75) is 52.6 Å². The average Bonchev–Trinajstić information content (AvgIpc) is 3.71. The van der Waals surface area contributed by atoms with E-state index in [0.717, 1.165) is 35.7 Å². The van der Waals surface area contributed by atoms with Crippen LogP contribution in [0.2, 0.25) is 20.1 Å². The molecule has 0 amide bonds. The Kier molecular flexibility index (Phi) is 12.6. The first kappa shape index (κ1) is 37.4. The molecule has 2 N–H and O–H groups in total. The van der Waals surface area contributed by atoms with E-state index in [4.69, 9.17) is 46.4 Å². The number of fused-ring (bicyclic) bond motifs is 2. The van der Waals surface area contributed by atoms with Gasteiger partial charge in [-0.05, 0) is 56.9 Å². The summed E-state index contributed by atoms with van der Waals surface area (Å²) < 4.78 is 15.6. The van der Waals surface area contributed by atoms with E-state index in [1.165, 1.54) is 16.8 Å². The molecule has 6 rings (SSSR count). The van der Waals surface area contributed by atoms with E-state index in [1.54, 1.807) is 12.3 Å². The van der Waals surface area contributed by atoms with Gasteiger partial charge in [-0.15, -0.1) is 10.2 Å². The number of pyridine rings is 2. The van der Waals surface area contributed by atoms with Crippen LogP contribution in [-0.4, -0.2) is 80.7 Å². The van der Waals surface area contributed by atoms with E-state index in [1.807, 2.05) is 48.1 Å². The molecule has 0 saturated carbocycles. The number of hydrogen-bond donors (Lipinski definition) is 2. The quantitative estimate of drug-likeness (QED) is 0.131. The lowest BCUT2D eigenvalue weighted by molar-refractivity contribution is 0.311. The van der Waals surface area contributed by atoms with E-state index in [0.29, 0.717) is 58.0 Å². The minimum Gasteiger partial charge on any atom is -0.504 e. The fourth-order valence-corrected chi connectivity index (χ4v) is 6.27. The summed E-state index contributed by atoms with van der Waals surface area (Å²) >= 11 is 24.2. The third-order valence-corrected chi connectivity index (χ3v) is 8.70. The second-order valence-electron chi connectivity index (χ2n) is 11.8. The maximum absolute atomic E-state index is 12.3. The molecule has 0 radical (unpaired) electrons. The van der Waals surface area contributed by atoms with Gasteiger partial charge in [-0.25, -0.2) is 19.0 Å². The third kappa shape index (κ3) is 9.27. The number of benzene rings is 2. The fraction of sp³-hybridized carbons (Fsp3) is 0.333. The number of alkyl halides is 1. The highest BCUT2D eigenvalue weighted by Gasteiger charge is 2.15. The standard InChI is InChI=1S/C17H19Cl2N5O.C16H16Cl2FN5O/c1-3-6-24-10-12(21-22-24)9-23(2)8-11-4-5-13-14(18)7-15(19)17(25)16(13)20-11;1-23(8-11-9-24(5-4-19)22-21-11)7-10-2-3-12-13(17)6-14(18)16(25)15(12)20-10/h4-5,7,10,25H,3,6,8-9H2,1-2H3;2-3,6,9,25H,4-5,7-8H2,1H3/i;19-1. The van der Waals surface area contributed by atoms with Crippen molar-refractivity contribution in [1.29, 1.82) is 0 Å². The summed E-state index contributed by atoms with van der Waals surface area (Å²) in [5.41, 5.74) is 4.00. The lowest BCUT2D eigenvalue weighted by atomic mass is 10.2. The molecule has 0 spiro atoms. The molecule has 0 aliphatic carbocycles. The lowest BCUT2D eigenvalue weighted by Gasteiger charge is -2.15. The number of phenols is 2. The molecule has 0 saturated heterocycles. The van der Waals surface area contributed by atoms with Crippen LogP contribution in [0.3, 0.4) is 0 Å². The van der Waals surface area contributed by atoms with Crippen molar-refractivity contribution in [1.82, 2.24) is 49.8 Å². The van der Waals surface area contributed by atoms with Crippen molar-refractivity contribution in [2.24, 2.45) is 0 Å². The van der Waals surface area contributed by atoms with Crippen LogP contribution in [0.4, 0.5) is 4.39 Å². The van der Waals surface area contributed by atoms with Crippen molar-refractivity contribution >= 4 is 68.2 Å². The summed E-state index contributed by atoms with van der Waals surface area (Å²) in [7, 11) is 3.89. The number of halogens is 5. The molecule has 6 aromatic rings. The molecule has 0 aliphatic rings. The van der Waals surface area contributed by atoms with Gasteiger partial charge >= 0.3 is 0 Å². The predicted octanol–water partition coefficient (Wildman–Crippen LogP) is 7.32. The second-order valence-corrected chi connectivity index (χ2v) is 13.4. The van der Waals surface area contributed by atoms with E-state index in [-0.39, 0.29) is 28.1 Å². The number of nitrogens with zero attached hydrogens (tertiary/aromatic N) is 10. The Morgan fingerprint density at radius 3 is 1.48 bits per heavy atom. The molecule has 17 heteroatoms. The monoisotopic (exact) mass is 761 g/mol. The van der Waals surface area contributed by atoms with Crippen LogP contribution in [-0.2, 0) is 39.3 Å². The molecule has 0 atom stereocenters. The van der Waals surface area contributed by atoms with E-state index >= 15 is 0 Å². The molecule has 0 fully saturated rings. The Morgan fingerprint density at radius 1 is 0.640 bits per heavy atom. The van der Waals surface area contributed by atoms with Crippen molar-refractivity contribution < 1.29 is 14.6 Å². The van der Waals surface area contributed by atoms with Crippen molar-refractivity contribution in [2.75, 3.05) is 20.8 Å². The SMILES string of the molecule is CCCn1cc(CN(C)Cc2ccc3c(Cl)cc(Cl)c(O)c3n2)nn1.CN(Cc1cn(CC[18F])nn1)Cc1ccc2c(Cl)cc(Cl)c(O)c2n1. The number of hydrogen-bond acceptors (Lipinski definition) is 10. The molecule has 4 heterocycles. The minimum absolute atomic E-state index is 0.0481. The number of aromatic nitrogens is 8. The number of aromatic hydroxyl groups is 2. The summed E-state index contributed by atoms with van der Waals surface area (Å²) in [4.78, 5) is 13.0. The van der Waals surface area contributed by atoms with Crippen molar-refractivity contribution in [3.8, 4) is 11.5 Å². The topological polar surface area (TPSA) is 134 Å². The molecular formula is C33H35Cl4FN10O2. The number of aryl methyl sites for hydroxylation is 2. The molecule has 12 nitrogen and oxygen atoms in total. The van der Waals surface area contributed by atoms with Gasteiger partial charge in [0.2, 0.25) is 0 Å². The highest BCUT2D eigenvalue weighted by molar-refractivity contribution is 6.40. The summed E-state index contributed by atoms with van der Waals surface area (Å²) in [6.07, 6.45) is 4.70. The Morgan fingerprint density at radius 2 is 1.06 bits per heavy atom. The maximum atomic E-state index is 12.3. The van der Waals surface area contributed by atoms with Gasteiger partial charge < -0.3 is 10.2 Å². The van der Waals surface area contributed by atoms with Crippen LogP contribution in [0.1, 0.15) is 36.1 Å². The third-order valence-electron chi connectivity index (χ3n) is 7.49. The Labute approximate surface area is 308 Å². The van der Waals surface area contributed by atoms with Crippen molar-refractivity contribution in [3.05, 3.63) is 91.7 Å². The summed E-state index contributed by atoms with van der Waals surface area (Å²) in [5.74, 6) is -0.132. The van der Waals surface area contributed by atoms with E-state index < -0.39 is 6.67 Å². The molecule has 264 valence electrons. The first-order chi connectivity index (χ1) is 23.9. The molecule has 0 aliphatic heterocycles. The zero-order chi connectivity index (χ0) is 35.9. The molecule has 50 heavy (non-hydrogen) atoms. The van der Waals surface area contributed by atoms with Crippen LogP contribution in [0.15, 0.2) is 48.8 Å². The van der Waals surface area contributed by atoms with Gasteiger partial charge in [0, 0.05) is 55.9 Å². The van der Waals surface area contributed by atoms with Gasteiger partial charge in [0.1, 0.15) is 17.7 Å². The largest absolute Gasteiger partial charge is 0.504 e. The lowest BCUT2D eigenvalue weighted by Crippen LogP contribution is -2.18. The Balaban J connectivity index is 0.000000194. The Hall–Kier alpha value is -3.85. The molecule has 2 aromatic carbocycles. The molecule has 4 aromatic heterocycles. The van der Waals surface area contributed by atoms with E-state index in [9.17, 15) is 14.6 Å². The average molecular weight is 764 g/mol. The minimum atomic E-state index is -0.478. The van der Waals surface area contributed by atoms with Crippen molar-refractivity contribution in [3.63, 3.8) is 0 Å². The Bertz CT molecular complexity index is 1950. The molecule has 0 unspecified atom stereocenters. The van der Waals surface area contributed by atoms with Gasteiger partial charge in [0.25, 0.3) is 0 Å². The zero-order valence-electron chi connectivity index (χ0n) is 27.5. The van der Waals surface area contributed by atoms with Crippen LogP contribution in [0.5, 0.6) is 11.5 Å². The normalized spacial score (nSPS) is 11.6. The maximum Gasteiger partial charge on any atom is 0.160 e. The first-order valence-electron chi connectivity index (χ1n) is 15.6. The van der Waals surface area contributed by atoms with Crippen LogP contribution in [0, 0.1) is 0 Å². The zero-order valence-corrected chi connectivity index (χ0v) is 30.6. The van der Waals surface area contributed by atoms with Gasteiger partial charge in [-0.3, -0.25) is 14.5 Å². The van der Waals surface area contributed by atoms with Crippen LogP contribution < -0.4 is 0 Å². The van der Waals surface area contributed by atoms with Crippen LogP contribution >= 0.6 is 46.4 Å². The second kappa shape index (κ2) is 16.9. The number of rotatable bonds is 12. The van der Waals surface area contributed by atoms with Gasteiger partial charge in [-0.2, -0.15) is 0 Å². The van der Waals surface area contributed by atoms with Gasteiger partial charge in [-0.1, -0.05) is 63.8 Å². The highest BCUT2D eigenvalue weighted by Crippen LogP contribution is 2.37. The summed E-state index contributed by atoms with van der Waals surface area (Å²) in [6, 6.07) is 10.4. The first-order valence-corrected chi connectivity index (χ1v) is 17.1. The van der Waals surface area contributed by atoms with Gasteiger partial charge in [0.15, 0.2) is 11.5 Å².